The molecule has 1 N–H and O–H groups in total. The van der Waals surface area contributed by atoms with E-state index in [1.54, 1.807) is 24.3 Å². The minimum Gasteiger partial charge on any atom is -0.469 e. The van der Waals surface area contributed by atoms with Gasteiger partial charge in [-0.1, -0.05) is 35.9 Å². The molecular weight excluding hydrogens is 406 g/mol. The van der Waals surface area contributed by atoms with Gasteiger partial charge in [0.1, 0.15) is 0 Å². The predicted molar refractivity (Wildman–Crippen MR) is 99.8 cm³/mol. The van der Waals surface area contributed by atoms with E-state index in [9.17, 15) is 13.2 Å². The highest BCUT2D eigenvalue weighted by Gasteiger charge is 2.25. The molecule has 0 saturated carbocycles. The molecule has 2 aromatic rings. The molecule has 2 aromatic carbocycles. The van der Waals surface area contributed by atoms with Gasteiger partial charge in [0.2, 0.25) is 10.0 Å². The van der Waals surface area contributed by atoms with Gasteiger partial charge in [0, 0.05) is 4.47 Å². The summed E-state index contributed by atoms with van der Waals surface area (Å²) in [4.78, 5) is 11.9. The van der Waals surface area contributed by atoms with Crippen molar-refractivity contribution in [3.63, 3.8) is 0 Å². The molecule has 0 radical (unpaired) electrons. The molecule has 0 saturated heterocycles. The van der Waals surface area contributed by atoms with Crippen molar-refractivity contribution in [3.05, 3.63) is 63.6 Å². The van der Waals surface area contributed by atoms with Gasteiger partial charge in [0.15, 0.2) is 0 Å². The number of methoxy groups -OCH3 is 1. The summed E-state index contributed by atoms with van der Waals surface area (Å²) in [7, 11) is -2.55. The van der Waals surface area contributed by atoms with Gasteiger partial charge in [-0.15, -0.1) is 0 Å². The number of benzene rings is 2. The summed E-state index contributed by atoms with van der Waals surface area (Å²) in [6, 6.07) is 11.6. The van der Waals surface area contributed by atoms with Gasteiger partial charge < -0.3 is 4.74 Å². The van der Waals surface area contributed by atoms with Crippen molar-refractivity contribution in [2.45, 2.75) is 31.2 Å². The van der Waals surface area contributed by atoms with Gasteiger partial charge in [0.25, 0.3) is 0 Å². The number of halogens is 1. The fraction of sp³-hybridized carbons (Fsp3) is 0.278. The van der Waals surface area contributed by atoms with Crippen molar-refractivity contribution in [1.29, 1.82) is 0 Å². The van der Waals surface area contributed by atoms with Gasteiger partial charge in [-0.3, -0.25) is 4.79 Å². The molecule has 0 aromatic heterocycles. The Morgan fingerprint density at radius 3 is 2.28 bits per heavy atom. The molecule has 0 aliphatic heterocycles. The molecule has 0 amide bonds. The quantitative estimate of drug-likeness (QED) is 0.716. The minimum atomic E-state index is -3.82. The van der Waals surface area contributed by atoms with Crippen LogP contribution in [-0.4, -0.2) is 21.5 Å². The molecule has 0 aliphatic carbocycles. The van der Waals surface area contributed by atoms with Crippen LogP contribution in [0.2, 0.25) is 0 Å². The third-order valence-electron chi connectivity index (χ3n) is 3.75. The maximum absolute atomic E-state index is 12.8. The molecule has 134 valence electrons. The van der Waals surface area contributed by atoms with Gasteiger partial charge in [-0.25, -0.2) is 13.1 Å². The fourth-order valence-corrected chi connectivity index (χ4v) is 4.77. The van der Waals surface area contributed by atoms with Crippen molar-refractivity contribution < 1.29 is 17.9 Å². The highest BCUT2D eigenvalue weighted by Crippen LogP contribution is 2.26. The molecule has 0 fully saturated rings. The fourth-order valence-electron chi connectivity index (χ4n) is 2.35. The van der Waals surface area contributed by atoms with E-state index in [1.807, 2.05) is 26.0 Å². The van der Waals surface area contributed by atoms with Crippen LogP contribution in [0.25, 0.3) is 0 Å². The van der Waals surface area contributed by atoms with Crippen molar-refractivity contribution in [1.82, 2.24) is 4.72 Å². The number of carbonyl (C=O) groups is 1. The number of hydrogen-bond acceptors (Lipinski definition) is 4. The lowest BCUT2D eigenvalue weighted by Gasteiger charge is -2.19. The van der Waals surface area contributed by atoms with E-state index >= 15 is 0 Å². The first-order chi connectivity index (χ1) is 11.7. The van der Waals surface area contributed by atoms with E-state index in [0.717, 1.165) is 11.1 Å². The summed E-state index contributed by atoms with van der Waals surface area (Å²) in [6.45, 7) is 3.81. The Bertz CT molecular complexity index is 863. The average molecular weight is 426 g/mol. The van der Waals surface area contributed by atoms with E-state index in [-0.39, 0.29) is 11.3 Å². The number of ether oxygens (including phenoxy) is 1. The van der Waals surface area contributed by atoms with Crippen LogP contribution in [0.15, 0.2) is 51.8 Å². The maximum Gasteiger partial charge on any atom is 0.307 e. The Morgan fingerprint density at radius 2 is 1.72 bits per heavy atom. The van der Waals surface area contributed by atoms with Crippen LogP contribution in [0.5, 0.6) is 0 Å². The summed E-state index contributed by atoms with van der Waals surface area (Å²) in [5.74, 6) is -0.490. The zero-order valence-electron chi connectivity index (χ0n) is 14.2. The van der Waals surface area contributed by atoms with Crippen LogP contribution in [0.4, 0.5) is 0 Å². The third-order valence-corrected chi connectivity index (χ3v) is 6.20. The highest BCUT2D eigenvalue weighted by molar-refractivity contribution is 9.10. The van der Waals surface area contributed by atoms with E-state index in [2.05, 4.69) is 20.7 Å². The molecule has 7 heteroatoms. The SMILES string of the molecule is COC(=O)CC(NS(=O)(=O)c1ccc(C)cc1Br)c1ccc(C)cc1. The number of nitrogens with one attached hydrogen (secondary N) is 1. The summed E-state index contributed by atoms with van der Waals surface area (Å²) in [5, 5.41) is 0. The Morgan fingerprint density at radius 1 is 1.12 bits per heavy atom. The first-order valence-corrected chi connectivity index (χ1v) is 9.92. The van der Waals surface area contributed by atoms with Crippen LogP contribution in [0.1, 0.15) is 29.2 Å². The Kier molecular flexibility index (Phi) is 6.37. The smallest absolute Gasteiger partial charge is 0.307 e. The maximum atomic E-state index is 12.8. The monoisotopic (exact) mass is 425 g/mol. The van der Waals surface area contributed by atoms with E-state index in [1.165, 1.54) is 13.2 Å². The largest absolute Gasteiger partial charge is 0.469 e. The zero-order chi connectivity index (χ0) is 18.6. The van der Waals surface area contributed by atoms with Crippen LogP contribution >= 0.6 is 15.9 Å². The second-order valence-electron chi connectivity index (χ2n) is 5.80. The second-order valence-corrected chi connectivity index (χ2v) is 8.34. The van der Waals surface area contributed by atoms with Crippen molar-refractivity contribution in [2.75, 3.05) is 7.11 Å². The van der Waals surface area contributed by atoms with Gasteiger partial charge in [-0.05, 0) is 53.0 Å². The molecule has 1 atom stereocenters. The number of esters is 1. The van der Waals surface area contributed by atoms with Crippen LogP contribution in [0.3, 0.4) is 0 Å². The number of hydrogen-bond donors (Lipinski definition) is 1. The number of carbonyl (C=O) groups excluding carboxylic acids is 1. The molecule has 0 spiro atoms. The first-order valence-electron chi connectivity index (χ1n) is 7.65. The van der Waals surface area contributed by atoms with Gasteiger partial charge in [0.05, 0.1) is 24.5 Å². The van der Waals surface area contributed by atoms with E-state index in [0.29, 0.717) is 10.0 Å². The first kappa shape index (κ1) is 19.6. The molecule has 25 heavy (non-hydrogen) atoms. The van der Waals surface area contributed by atoms with Crippen LogP contribution in [0, 0.1) is 13.8 Å². The van der Waals surface area contributed by atoms with Crippen molar-refractivity contribution in [3.8, 4) is 0 Å². The summed E-state index contributed by atoms with van der Waals surface area (Å²) >= 11 is 3.29. The number of sulfonamides is 1. The topological polar surface area (TPSA) is 72.5 Å². The van der Waals surface area contributed by atoms with Crippen molar-refractivity contribution >= 4 is 31.9 Å². The lowest BCUT2D eigenvalue weighted by molar-refractivity contribution is -0.141. The molecule has 0 aliphatic rings. The Hall–Kier alpha value is -1.70. The average Bonchev–Trinajstić information content (AvgIpc) is 2.54. The standard InChI is InChI=1S/C18H20BrNO4S/c1-12-4-7-14(8-5-12)16(11-18(21)24-3)20-25(22,23)17-9-6-13(2)10-15(17)19/h4-10,16,20H,11H2,1-3H3. The number of aryl methyl sites for hydroxylation is 2. The Balaban J connectivity index is 2.37. The molecule has 0 heterocycles. The minimum absolute atomic E-state index is 0.0950. The Labute approximate surface area is 156 Å². The molecule has 2 rings (SSSR count). The van der Waals surface area contributed by atoms with Crippen LogP contribution < -0.4 is 4.72 Å². The normalized spacial score (nSPS) is 12.6. The predicted octanol–water partition coefficient (Wildman–Crippen LogP) is 3.65. The summed E-state index contributed by atoms with van der Waals surface area (Å²) in [6.07, 6.45) is -0.0950. The van der Waals surface area contributed by atoms with E-state index in [4.69, 9.17) is 4.74 Å². The van der Waals surface area contributed by atoms with Gasteiger partial charge >= 0.3 is 5.97 Å². The lowest BCUT2D eigenvalue weighted by Crippen LogP contribution is -2.30. The molecule has 5 nitrogen and oxygen atoms in total. The highest BCUT2D eigenvalue weighted by atomic mass is 79.9. The van der Waals surface area contributed by atoms with Gasteiger partial charge in [-0.2, -0.15) is 0 Å². The third kappa shape index (κ3) is 5.14. The zero-order valence-corrected chi connectivity index (χ0v) is 16.6. The number of rotatable bonds is 6. The van der Waals surface area contributed by atoms with E-state index < -0.39 is 22.0 Å². The van der Waals surface area contributed by atoms with Crippen LogP contribution in [-0.2, 0) is 19.6 Å². The molecular formula is C18H20BrNO4S. The molecule has 0 bridgehead atoms. The lowest BCUT2D eigenvalue weighted by atomic mass is 10.0. The van der Waals surface area contributed by atoms with Crippen molar-refractivity contribution in [2.24, 2.45) is 0 Å². The molecule has 1 unspecified atom stereocenters. The second kappa shape index (κ2) is 8.12. The summed E-state index contributed by atoms with van der Waals surface area (Å²) < 4.78 is 33.4. The summed E-state index contributed by atoms with van der Waals surface area (Å²) in [5.41, 5.74) is 2.68.